The van der Waals surface area contributed by atoms with E-state index in [0.717, 1.165) is 16.3 Å². The van der Waals surface area contributed by atoms with Crippen molar-refractivity contribution in [3.8, 4) is 10.6 Å². The maximum Gasteiger partial charge on any atom is 0.228 e. The van der Waals surface area contributed by atoms with Gasteiger partial charge in [0.25, 0.3) is 0 Å². The van der Waals surface area contributed by atoms with Gasteiger partial charge in [-0.2, -0.15) is 0 Å². The molecule has 0 unspecified atom stereocenters. The van der Waals surface area contributed by atoms with E-state index >= 15 is 0 Å². The van der Waals surface area contributed by atoms with Crippen molar-refractivity contribution in [1.29, 1.82) is 0 Å². The fourth-order valence-corrected chi connectivity index (χ4v) is 3.09. The quantitative estimate of drug-likeness (QED) is 0.938. The van der Waals surface area contributed by atoms with E-state index < -0.39 is 0 Å². The Morgan fingerprint density at radius 3 is 3.00 bits per heavy atom. The summed E-state index contributed by atoms with van der Waals surface area (Å²) in [6.07, 6.45) is 4.67. The molecule has 0 bridgehead atoms. The third-order valence-corrected chi connectivity index (χ3v) is 4.41. The second kappa shape index (κ2) is 5.76. The monoisotopic (exact) mass is 292 g/mol. The first-order chi connectivity index (χ1) is 9.72. The minimum absolute atomic E-state index is 0.0842. The first-order valence-electron chi connectivity index (χ1n) is 6.65. The predicted octanol–water partition coefficient (Wildman–Crippen LogP) is 1.93. The number of piperidine rings is 1. The molecule has 0 aromatic carbocycles. The molecule has 1 aliphatic rings. The Kier molecular flexibility index (Phi) is 3.84. The summed E-state index contributed by atoms with van der Waals surface area (Å²) >= 11 is 1.51. The number of hydrogen-bond donors (Lipinski definition) is 1. The molecule has 1 amide bonds. The molecule has 2 aromatic heterocycles. The van der Waals surface area contributed by atoms with Crippen molar-refractivity contribution >= 4 is 17.2 Å². The van der Waals surface area contributed by atoms with Crippen LogP contribution < -0.4 is 0 Å². The topological polar surface area (TPSA) is 66.6 Å². The average Bonchev–Trinajstić information content (AvgIpc) is 3.09. The van der Waals surface area contributed by atoms with Gasteiger partial charge in [-0.05, 0) is 18.9 Å². The summed E-state index contributed by atoms with van der Waals surface area (Å²) in [5.41, 5.74) is 1.73. The molecule has 3 rings (SSSR count). The number of carbonyl (C=O) groups is 1. The summed E-state index contributed by atoms with van der Waals surface area (Å²) in [4.78, 5) is 18.4. The highest BCUT2D eigenvalue weighted by Crippen LogP contribution is 2.24. The van der Waals surface area contributed by atoms with Crippen molar-refractivity contribution in [2.24, 2.45) is 0 Å². The Bertz CT molecular complexity index is 571. The number of amides is 1. The van der Waals surface area contributed by atoms with Gasteiger partial charge >= 0.3 is 0 Å². The van der Waals surface area contributed by atoms with E-state index in [9.17, 15) is 9.90 Å². The number of furan rings is 1. The normalized spacial score (nSPS) is 16.6. The SMILES string of the molecule is O=C(Cc1csc(-c2ccoc2)n1)N1CCC(O)CC1. The van der Waals surface area contributed by atoms with Crippen LogP contribution in [0.25, 0.3) is 10.6 Å². The lowest BCUT2D eigenvalue weighted by Crippen LogP contribution is -2.40. The van der Waals surface area contributed by atoms with Crippen LogP contribution >= 0.6 is 11.3 Å². The number of likely N-dealkylation sites (tertiary alicyclic amines) is 1. The summed E-state index contributed by atoms with van der Waals surface area (Å²) < 4.78 is 5.03. The van der Waals surface area contributed by atoms with Crippen LogP contribution in [0.3, 0.4) is 0 Å². The Hall–Kier alpha value is -1.66. The Labute approximate surface area is 120 Å². The minimum atomic E-state index is -0.258. The Balaban J connectivity index is 1.62. The Morgan fingerprint density at radius 1 is 1.50 bits per heavy atom. The molecule has 1 N–H and O–H groups in total. The van der Waals surface area contributed by atoms with Gasteiger partial charge in [-0.25, -0.2) is 4.98 Å². The highest BCUT2D eigenvalue weighted by atomic mass is 32.1. The van der Waals surface area contributed by atoms with E-state index in [2.05, 4.69) is 4.98 Å². The maximum atomic E-state index is 12.2. The fraction of sp³-hybridized carbons (Fsp3) is 0.429. The lowest BCUT2D eigenvalue weighted by atomic mass is 10.1. The summed E-state index contributed by atoms with van der Waals surface area (Å²) in [5, 5.41) is 12.2. The fourth-order valence-electron chi connectivity index (χ4n) is 2.29. The van der Waals surface area contributed by atoms with Crippen LogP contribution in [0, 0.1) is 0 Å². The van der Waals surface area contributed by atoms with Crippen LogP contribution in [0.5, 0.6) is 0 Å². The van der Waals surface area contributed by atoms with E-state index in [1.165, 1.54) is 11.3 Å². The van der Waals surface area contributed by atoms with Crippen molar-refractivity contribution in [2.45, 2.75) is 25.4 Å². The van der Waals surface area contributed by atoms with Crippen LogP contribution in [0.4, 0.5) is 0 Å². The summed E-state index contributed by atoms with van der Waals surface area (Å²) in [5.74, 6) is 0.0842. The van der Waals surface area contributed by atoms with Gasteiger partial charge in [-0.15, -0.1) is 11.3 Å². The standard InChI is InChI=1S/C14H16N2O3S/c17-12-1-4-16(5-2-12)13(18)7-11-9-20-14(15-11)10-3-6-19-8-10/h3,6,8-9,12,17H,1-2,4-5,7H2. The zero-order valence-electron chi connectivity index (χ0n) is 11.0. The lowest BCUT2D eigenvalue weighted by molar-refractivity contribution is -0.132. The molecule has 1 fully saturated rings. The van der Waals surface area contributed by atoms with Crippen LogP contribution in [-0.2, 0) is 11.2 Å². The third kappa shape index (κ3) is 2.91. The minimum Gasteiger partial charge on any atom is -0.472 e. The second-order valence-corrected chi connectivity index (χ2v) is 5.80. The van der Waals surface area contributed by atoms with Crippen molar-refractivity contribution in [2.75, 3.05) is 13.1 Å². The molecule has 1 saturated heterocycles. The predicted molar refractivity (Wildman–Crippen MR) is 75.3 cm³/mol. The number of hydrogen-bond acceptors (Lipinski definition) is 5. The van der Waals surface area contributed by atoms with E-state index in [-0.39, 0.29) is 12.0 Å². The number of aromatic nitrogens is 1. The Morgan fingerprint density at radius 2 is 2.30 bits per heavy atom. The van der Waals surface area contributed by atoms with Crippen molar-refractivity contribution in [3.63, 3.8) is 0 Å². The molecule has 20 heavy (non-hydrogen) atoms. The molecule has 2 aromatic rings. The largest absolute Gasteiger partial charge is 0.472 e. The first-order valence-corrected chi connectivity index (χ1v) is 7.53. The summed E-state index contributed by atoms with van der Waals surface area (Å²) in [6.45, 7) is 1.28. The third-order valence-electron chi connectivity index (χ3n) is 3.47. The van der Waals surface area contributed by atoms with E-state index in [0.29, 0.717) is 32.4 Å². The van der Waals surface area contributed by atoms with Crippen LogP contribution in [0.1, 0.15) is 18.5 Å². The molecular formula is C14H16N2O3S. The highest BCUT2D eigenvalue weighted by Gasteiger charge is 2.22. The zero-order chi connectivity index (χ0) is 13.9. The first kappa shape index (κ1) is 13.3. The molecule has 0 radical (unpaired) electrons. The van der Waals surface area contributed by atoms with Gasteiger partial charge in [0, 0.05) is 24.0 Å². The van der Waals surface area contributed by atoms with E-state index in [1.807, 2.05) is 16.3 Å². The molecule has 0 saturated carbocycles. The van der Waals surface area contributed by atoms with Crippen LogP contribution in [-0.4, -0.2) is 40.1 Å². The van der Waals surface area contributed by atoms with Gasteiger partial charge in [-0.3, -0.25) is 4.79 Å². The van der Waals surface area contributed by atoms with Gasteiger partial charge in [0.2, 0.25) is 5.91 Å². The highest BCUT2D eigenvalue weighted by molar-refractivity contribution is 7.13. The number of nitrogens with zero attached hydrogens (tertiary/aromatic N) is 2. The van der Waals surface area contributed by atoms with Crippen molar-refractivity contribution in [1.82, 2.24) is 9.88 Å². The van der Waals surface area contributed by atoms with Crippen LogP contribution in [0.15, 0.2) is 28.4 Å². The molecule has 0 aliphatic carbocycles. The van der Waals surface area contributed by atoms with Gasteiger partial charge in [-0.1, -0.05) is 0 Å². The molecule has 5 nitrogen and oxygen atoms in total. The molecule has 6 heteroatoms. The zero-order valence-corrected chi connectivity index (χ0v) is 11.8. The molecule has 0 atom stereocenters. The van der Waals surface area contributed by atoms with Gasteiger partial charge < -0.3 is 14.4 Å². The number of carbonyl (C=O) groups excluding carboxylic acids is 1. The van der Waals surface area contributed by atoms with Crippen LogP contribution in [0.2, 0.25) is 0 Å². The second-order valence-electron chi connectivity index (χ2n) is 4.94. The number of rotatable bonds is 3. The number of thiazole rings is 1. The van der Waals surface area contributed by atoms with Gasteiger partial charge in [0.15, 0.2) is 0 Å². The molecule has 3 heterocycles. The molecule has 0 spiro atoms. The van der Waals surface area contributed by atoms with Gasteiger partial charge in [0.1, 0.15) is 11.3 Å². The maximum absolute atomic E-state index is 12.2. The summed E-state index contributed by atoms with van der Waals surface area (Å²) in [6, 6.07) is 1.86. The molecule has 1 aliphatic heterocycles. The molecule has 106 valence electrons. The van der Waals surface area contributed by atoms with E-state index in [1.54, 1.807) is 12.5 Å². The van der Waals surface area contributed by atoms with Crippen molar-refractivity contribution in [3.05, 3.63) is 29.7 Å². The smallest absolute Gasteiger partial charge is 0.228 e. The summed E-state index contributed by atoms with van der Waals surface area (Å²) in [7, 11) is 0. The van der Waals surface area contributed by atoms with Gasteiger partial charge in [0.05, 0.1) is 24.5 Å². The number of aliphatic hydroxyl groups is 1. The molecular weight excluding hydrogens is 276 g/mol. The average molecular weight is 292 g/mol. The number of aliphatic hydroxyl groups excluding tert-OH is 1. The lowest BCUT2D eigenvalue weighted by Gasteiger charge is -2.29. The van der Waals surface area contributed by atoms with Crippen molar-refractivity contribution < 1.29 is 14.3 Å². The van der Waals surface area contributed by atoms with E-state index in [4.69, 9.17) is 4.42 Å².